The van der Waals surface area contributed by atoms with Gasteiger partial charge in [0.05, 0.1) is 18.0 Å². The van der Waals surface area contributed by atoms with E-state index in [1.165, 1.54) is 17.8 Å². The normalized spacial score (nSPS) is 10.8. The number of hydrogen-bond donors (Lipinski definition) is 3. The number of rotatable bonds is 9. The fraction of sp³-hybridized carbons (Fsp3) is 0.208. The lowest BCUT2D eigenvalue weighted by molar-refractivity contribution is -0.113. The molecule has 2 aromatic carbocycles. The quantitative estimate of drug-likeness (QED) is 0.306. The van der Waals surface area contributed by atoms with Crippen LogP contribution in [0.2, 0.25) is 0 Å². The minimum absolute atomic E-state index is 0.0895. The van der Waals surface area contributed by atoms with Crippen LogP contribution in [-0.4, -0.2) is 43.0 Å². The van der Waals surface area contributed by atoms with Crippen LogP contribution in [0.5, 0.6) is 5.75 Å². The van der Waals surface area contributed by atoms with Gasteiger partial charge in [0.25, 0.3) is 5.56 Å². The van der Waals surface area contributed by atoms with Crippen molar-refractivity contribution in [2.45, 2.75) is 25.4 Å². The van der Waals surface area contributed by atoms with E-state index in [1.807, 2.05) is 54.8 Å². The molecule has 35 heavy (non-hydrogen) atoms. The third kappa shape index (κ3) is 6.07. The van der Waals surface area contributed by atoms with Crippen LogP contribution in [0.4, 0.5) is 5.69 Å². The third-order valence-electron chi connectivity index (χ3n) is 4.92. The van der Waals surface area contributed by atoms with Crippen molar-refractivity contribution in [2.75, 3.05) is 17.7 Å². The molecule has 0 saturated heterocycles. The molecule has 0 spiro atoms. The number of aromatic nitrogens is 5. The first-order chi connectivity index (χ1) is 16.9. The molecule has 3 N–H and O–H groups in total. The van der Waals surface area contributed by atoms with Crippen LogP contribution in [0.15, 0.2) is 69.3 Å². The highest BCUT2D eigenvalue weighted by Gasteiger charge is 2.18. The summed E-state index contributed by atoms with van der Waals surface area (Å²) < 4.78 is 7.39. The third-order valence-corrected chi connectivity index (χ3v) is 5.85. The number of benzene rings is 2. The average Bonchev–Trinajstić information content (AvgIpc) is 3.21. The molecule has 10 nitrogen and oxygen atoms in total. The van der Waals surface area contributed by atoms with E-state index in [4.69, 9.17) is 4.74 Å². The fourth-order valence-corrected chi connectivity index (χ4v) is 4.26. The molecule has 11 heteroatoms. The van der Waals surface area contributed by atoms with Crippen LogP contribution in [-0.2, 0) is 11.2 Å². The Bertz CT molecular complexity index is 1430. The Balaban J connectivity index is 1.58. The van der Waals surface area contributed by atoms with Crippen molar-refractivity contribution in [1.29, 1.82) is 0 Å². The first-order valence-electron chi connectivity index (χ1n) is 10.9. The monoisotopic (exact) mass is 492 g/mol. The summed E-state index contributed by atoms with van der Waals surface area (Å²) in [6, 6.07) is 16.3. The first-order valence-corrected chi connectivity index (χ1v) is 11.9. The van der Waals surface area contributed by atoms with Crippen LogP contribution >= 0.6 is 11.8 Å². The Kier molecular flexibility index (Phi) is 7.46. The van der Waals surface area contributed by atoms with Crippen LogP contribution in [0, 0.1) is 6.92 Å². The molecule has 0 unspecified atom stereocenters. The van der Waals surface area contributed by atoms with E-state index in [0.717, 1.165) is 11.3 Å². The van der Waals surface area contributed by atoms with Gasteiger partial charge in [-0.15, -0.1) is 10.2 Å². The summed E-state index contributed by atoms with van der Waals surface area (Å²) in [7, 11) is 0. The van der Waals surface area contributed by atoms with Gasteiger partial charge in [-0.3, -0.25) is 19.1 Å². The summed E-state index contributed by atoms with van der Waals surface area (Å²) in [5.74, 6) is 0.986. The van der Waals surface area contributed by atoms with Gasteiger partial charge in [-0.2, -0.15) is 0 Å². The number of aromatic amines is 2. The van der Waals surface area contributed by atoms with Gasteiger partial charge in [-0.25, -0.2) is 4.79 Å². The second-order valence-electron chi connectivity index (χ2n) is 7.63. The smallest absolute Gasteiger partial charge is 0.325 e. The largest absolute Gasteiger partial charge is 0.492 e. The van der Waals surface area contributed by atoms with E-state index in [1.54, 1.807) is 12.1 Å². The van der Waals surface area contributed by atoms with Crippen LogP contribution in [0.25, 0.3) is 5.69 Å². The maximum absolute atomic E-state index is 12.7. The molecule has 0 radical (unpaired) electrons. The number of carbonyl (C=O) groups is 1. The van der Waals surface area contributed by atoms with Gasteiger partial charge in [0.15, 0.2) is 5.16 Å². The highest BCUT2D eigenvalue weighted by molar-refractivity contribution is 7.99. The molecule has 180 valence electrons. The van der Waals surface area contributed by atoms with Gasteiger partial charge in [0, 0.05) is 23.9 Å². The summed E-state index contributed by atoms with van der Waals surface area (Å²) in [6.45, 7) is 4.34. The number of hydrogen-bond acceptors (Lipinski definition) is 7. The number of amides is 1. The summed E-state index contributed by atoms with van der Waals surface area (Å²) in [5, 5.41) is 11.9. The van der Waals surface area contributed by atoms with Crippen molar-refractivity contribution < 1.29 is 9.53 Å². The molecular weight excluding hydrogens is 468 g/mol. The van der Waals surface area contributed by atoms with E-state index >= 15 is 0 Å². The van der Waals surface area contributed by atoms with Crippen molar-refractivity contribution in [3.8, 4) is 11.4 Å². The predicted octanol–water partition coefficient (Wildman–Crippen LogP) is 2.67. The molecule has 4 rings (SSSR count). The van der Waals surface area contributed by atoms with E-state index in [0.29, 0.717) is 34.7 Å². The molecule has 4 aromatic rings. The van der Waals surface area contributed by atoms with Crippen molar-refractivity contribution in [2.24, 2.45) is 0 Å². The molecule has 0 aliphatic heterocycles. The highest BCUT2D eigenvalue weighted by Crippen LogP contribution is 2.26. The minimum atomic E-state index is -0.590. The lowest BCUT2D eigenvalue weighted by atomic mass is 10.2. The zero-order valence-corrected chi connectivity index (χ0v) is 20.0. The Labute approximate surface area is 204 Å². The SMILES string of the molecule is CCOc1ccccc1NC(=O)CSc1nnc(Cc2cc(=O)[nH]c(=O)[nH]2)n1-c1cccc(C)c1. The van der Waals surface area contributed by atoms with Gasteiger partial charge in [0.1, 0.15) is 11.6 Å². The molecular formula is C24H24N6O4S. The number of para-hydroxylation sites is 2. The van der Waals surface area contributed by atoms with Gasteiger partial charge in [-0.1, -0.05) is 36.0 Å². The molecule has 0 saturated carbocycles. The van der Waals surface area contributed by atoms with Gasteiger partial charge in [-0.05, 0) is 43.7 Å². The predicted molar refractivity (Wildman–Crippen MR) is 134 cm³/mol. The maximum Gasteiger partial charge on any atom is 0.325 e. The molecule has 0 aliphatic carbocycles. The number of anilines is 1. The van der Waals surface area contributed by atoms with E-state index in [9.17, 15) is 14.4 Å². The lowest BCUT2D eigenvalue weighted by Gasteiger charge is -2.12. The highest BCUT2D eigenvalue weighted by atomic mass is 32.2. The maximum atomic E-state index is 12.7. The van der Waals surface area contributed by atoms with Gasteiger partial charge in [0.2, 0.25) is 5.91 Å². The van der Waals surface area contributed by atoms with Crippen molar-refractivity contribution in [3.63, 3.8) is 0 Å². The standard InChI is InChI=1S/C24H24N6O4S/c1-3-34-19-10-5-4-9-18(19)26-22(32)14-35-24-29-28-20(12-16-13-21(31)27-23(33)25-16)30(24)17-8-6-7-15(2)11-17/h4-11,13H,3,12,14H2,1-2H3,(H,26,32)(H2,25,27,31,33). The summed E-state index contributed by atoms with van der Waals surface area (Å²) in [4.78, 5) is 40.9. The summed E-state index contributed by atoms with van der Waals surface area (Å²) in [6.07, 6.45) is 0.175. The molecule has 0 fully saturated rings. The topological polar surface area (TPSA) is 135 Å². The zero-order chi connectivity index (χ0) is 24.8. The number of nitrogens with zero attached hydrogens (tertiary/aromatic N) is 3. The number of nitrogens with one attached hydrogen (secondary N) is 3. The molecule has 0 atom stereocenters. The molecule has 0 aliphatic rings. The molecule has 0 bridgehead atoms. The number of H-pyrrole nitrogens is 2. The average molecular weight is 493 g/mol. The summed E-state index contributed by atoms with van der Waals surface area (Å²) in [5.41, 5.74) is 1.76. The Hall–Kier alpha value is -4.12. The zero-order valence-electron chi connectivity index (χ0n) is 19.2. The Morgan fingerprint density at radius 1 is 1.09 bits per heavy atom. The number of aryl methyl sites for hydroxylation is 1. The lowest BCUT2D eigenvalue weighted by Crippen LogP contribution is -2.23. The minimum Gasteiger partial charge on any atom is -0.492 e. The second-order valence-corrected chi connectivity index (χ2v) is 8.57. The fourth-order valence-electron chi connectivity index (χ4n) is 3.49. The Morgan fingerprint density at radius 3 is 2.69 bits per heavy atom. The van der Waals surface area contributed by atoms with Crippen molar-refractivity contribution in [1.82, 2.24) is 24.7 Å². The molecule has 2 aromatic heterocycles. The van der Waals surface area contributed by atoms with Crippen molar-refractivity contribution >= 4 is 23.4 Å². The number of ether oxygens (including phenoxy) is 1. The second kappa shape index (κ2) is 10.9. The number of thioether (sulfide) groups is 1. The van der Waals surface area contributed by atoms with Gasteiger partial charge < -0.3 is 15.0 Å². The van der Waals surface area contributed by atoms with Crippen LogP contribution in [0.1, 0.15) is 24.0 Å². The van der Waals surface area contributed by atoms with Crippen molar-refractivity contribution in [3.05, 3.63) is 92.5 Å². The van der Waals surface area contributed by atoms with Crippen LogP contribution < -0.4 is 21.3 Å². The van der Waals surface area contributed by atoms with Gasteiger partial charge >= 0.3 is 5.69 Å². The van der Waals surface area contributed by atoms with Crippen LogP contribution in [0.3, 0.4) is 0 Å². The van der Waals surface area contributed by atoms with E-state index in [-0.39, 0.29) is 18.1 Å². The first kappa shape index (κ1) is 24.0. The Morgan fingerprint density at radius 2 is 1.91 bits per heavy atom. The summed E-state index contributed by atoms with van der Waals surface area (Å²) >= 11 is 1.23. The number of carbonyl (C=O) groups excluding carboxylic acids is 1. The molecule has 1 amide bonds. The molecule has 2 heterocycles. The van der Waals surface area contributed by atoms with E-state index in [2.05, 4.69) is 25.5 Å². The van der Waals surface area contributed by atoms with E-state index < -0.39 is 11.2 Å².